The quantitative estimate of drug-likeness (QED) is 0.274. The van der Waals surface area contributed by atoms with Crippen LogP contribution in [0.4, 0.5) is 20.3 Å². The van der Waals surface area contributed by atoms with Gasteiger partial charge >= 0.3 is 0 Å². The second-order valence-electron chi connectivity index (χ2n) is 9.74. The van der Waals surface area contributed by atoms with Gasteiger partial charge in [0.15, 0.2) is 23.1 Å². The molecule has 1 saturated heterocycles. The number of benzene rings is 1. The molecule has 2 atom stereocenters. The molecular formula is C27H24ClF2N9O. The van der Waals surface area contributed by atoms with Crippen LogP contribution in [0.1, 0.15) is 17.7 Å². The number of aliphatic hydroxyl groups excluding tert-OH is 1. The topological polar surface area (TPSA) is 145 Å². The molecule has 6 rings (SSSR count). The lowest BCUT2D eigenvalue weighted by Crippen LogP contribution is -2.60. The number of nitrogens with two attached hydrogens (primary N) is 2. The number of aliphatic hydroxyl groups is 1. The predicted octanol–water partition coefficient (Wildman–Crippen LogP) is 3.27. The number of hydrogen-bond donors (Lipinski definition) is 3. The highest BCUT2D eigenvalue weighted by molar-refractivity contribution is 6.29. The average Bonchev–Trinajstić information content (AvgIpc) is 3.36. The molecule has 5 N–H and O–H groups in total. The summed E-state index contributed by atoms with van der Waals surface area (Å²) in [5.41, 5.74) is 15.4. The second-order valence-corrected chi connectivity index (χ2v) is 10.1. The van der Waals surface area contributed by atoms with E-state index in [2.05, 4.69) is 24.9 Å². The molecule has 4 aromatic heterocycles. The van der Waals surface area contributed by atoms with E-state index in [9.17, 15) is 13.9 Å². The van der Waals surface area contributed by atoms with Gasteiger partial charge < -0.3 is 26.0 Å². The van der Waals surface area contributed by atoms with Crippen LogP contribution in [0.2, 0.25) is 5.15 Å². The number of aromatic nitrogens is 6. The Labute approximate surface area is 232 Å². The molecule has 0 unspecified atom stereocenters. The van der Waals surface area contributed by atoms with E-state index in [-0.39, 0.29) is 17.5 Å². The van der Waals surface area contributed by atoms with Crippen LogP contribution in [-0.4, -0.2) is 53.8 Å². The van der Waals surface area contributed by atoms with Gasteiger partial charge in [0, 0.05) is 18.7 Å². The van der Waals surface area contributed by atoms with Crippen LogP contribution in [0.15, 0.2) is 61.3 Å². The minimum Gasteiger partial charge on any atom is -0.391 e. The Morgan fingerprint density at radius 2 is 1.93 bits per heavy atom. The van der Waals surface area contributed by atoms with E-state index in [0.717, 1.165) is 23.4 Å². The minimum atomic E-state index is -1.21. The number of nitrogen functional groups attached to an aromatic ring is 1. The maximum Gasteiger partial charge on any atom is 0.165 e. The standard InChI is InChI=1S/C27H24ClF2N9O/c28-23-3-1-2-21(37-23)27(32)12-38(7-6-22(27)40)20-10-33-19(15-4-5-17(29)18(30)8-15)9-16(20)11-39-14-36-24-25(31)34-13-35-26(24)39/h1-5,8-10,13-14,22,40H,6-7,11-12,32H2,(H2,31,34,35)/t22-,27-/m1/s1. The smallest absolute Gasteiger partial charge is 0.165 e. The van der Waals surface area contributed by atoms with Crippen molar-refractivity contribution >= 4 is 34.3 Å². The molecule has 0 amide bonds. The molecule has 1 aliphatic rings. The van der Waals surface area contributed by atoms with Crippen molar-refractivity contribution in [3.05, 3.63) is 89.4 Å². The molecule has 0 saturated carbocycles. The summed E-state index contributed by atoms with van der Waals surface area (Å²) >= 11 is 6.14. The summed E-state index contributed by atoms with van der Waals surface area (Å²) in [7, 11) is 0. The van der Waals surface area contributed by atoms with E-state index in [1.54, 1.807) is 36.8 Å². The number of rotatable bonds is 5. The molecule has 5 aromatic rings. The first-order chi connectivity index (χ1) is 19.2. The number of anilines is 2. The van der Waals surface area contributed by atoms with Gasteiger partial charge in [-0.15, -0.1) is 0 Å². The van der Waals surface area contributed by atoms with Gasteiger partial charge in [0.1, 0.15) is 22.5 Å². The molecule has 0 radical (unpaired) electrons. The van der Waals surface area contributed by atoms with Crippen LogP contribution in [0.5, 0.6) is 0 Å². The zero-order chi connectivity index (χ0) is 28.0. The number of imidazole rings is 1. The highest BCUT2D eigenvalue weighted by Crippen LogP contribution is 2.35. The van der Waals surface area contributed by atoms with Crippen molar-refractivity contribution in [3.8, 4) is 11.3 Å². The molecule has 0 aliphatic carbocycles. The van der Waals surface area contributed by atoms with Crippen molar-refractivity contribution in [1.82, 2.24) is 29.5 Å². The van der Waals surface area contributed by atoms with E-state index in [1.165, 1.54) is 12.4 Å². The van der Waals surface area contributed by atoms with Crippen LogP contribution in [0, 0.1) is 11.6 Å². The maximum absolute atomic E-state index is 14.1. The van der Waals surface area contributed by atoms with Gasteiger partial charge in [-0.3, -0.25) is 4.98 Å². The fourth-order valence-electron chi connectivity index (χ4n) is 5.07. The lowest BCUT2D eigenvalue weighted by molar-refractivity contribution is 0.0615. The Balaban J connectivity index is 1.44. The Morgan fingerprint density at radius 3 is 2.73 bits per heavy atom. The molecule has 13 heteroatoms. The van der Waals surface area contributed by atoms with Crippen LogP contribution >= 0.6 is 11.6 Å². The number of hydrogen-bond acceptors (Lipinski definition) is 9. The normalized spacial score (nSPS) is 19.3. The molecule has 1 aliphatic heterocycles. The third-order valence-corrected chi connectivity index (χ3v) is 7.41. The van der Waals surface area contributed by atoms with Crippen LogP contribution in [0.25, 0.3) is 22.4 Å². The zero-order valence-electron chi connectivity index (χ0n) is 21.0. The fraction of sp³-hybridized carbons (Fsp3) is 0.222. The first-order valence-electron chi connectivity index (χ1n) is 12.4. The Morgan fingerprint density at radius 1 is 1.07 bits per heavy atom. The molecule has 5 heterocycles. The first kappa shape index (κ1) is 26.0. The number of halogens is 3. The monoisotopic (exact) mass is 563 g/mol. The number of nitrogens with zero attached hydrogens (tertiary/aromatic N) is 7. The van der Waals surface area contributed by atoms with Gasteiger partial charge in [0.2, 0.25) is 0 Å². The summed E-state index contributed by atoms with van der Waals surface area (Å²) in [5.74, 6) is -1.65. The predicted molar refractivity (Wildman–Crippen MR) is 146 cm³/mol. The summed E-state index contributed by atoms with van der Waals surface area (Å²) in [6, 6.07) is 10.6. The lowest BCUT2D eigenvalue weighted by atomic mass is 9.83. The third kappa shape index (κ3) is 4.59. The second kappa shape index (κ2) is 10.0. The molecular weight excluding hydrogens is 540 g/mol. The van der Waals surface area contributed by atoms with Gasteiger partial charge in [0.25, 0.3) is 0 Å². The summed E-state index contributed by atoms with van der Waals surface area (Å²) in [6.45, 7) is 1.01. The molecule has 204 valence electrons. The zero-order valence-corrected chi connectivity index (χ0v) is 21.8. The minimum absolute atomic E-state index is 0.223. The Bertz CT molecular complexity index is 1730. The highest BCUT2D eigenvalue weighted by atomic mass is 35.5. The van der Waals surface area contributed by atoms with Crippen molar-refractivity contribution in [2.45, 2.75) is 24.6 Å². The Hall–Kier alpha value is -4.26. The van der Waals surface area contributed by atoms with Crippen molar-refractivity contribution in [2.24, 2.45) is 5.73 Å². The highest BCUT2D eigenvalue weighted by Gasteiger charge is 2.43. The molecule has 1 aromatic carbocycles. The molecule has 40 heavy (non-hydrogen) atoms. The number of pyridine rings is 2. The summed E-state index contributed by atoms with van der Waals surface area (Å²) < 4.78 is 29.5. The average molecular weight is 564 g/mol. The number of piperidine rings is 1. The van der Waals surface area contributed by atoms with E-state index in [0.29, 0.717) is 47.6 Å². The van der Waals surface area contributed by atoms with E-state index < -0.39 is 23.3 Å². The van der Waals surface area contributed by atoms with Crippen molar-refractivity contribution in [1.29, 1.82) is 0 Å². The van der Waals surface area contributed by atoms with Crippen LogP contribution in [-0.2, 0) is 12.1 Å². The first-order valence-corrected chi connectivity index (χ1v) is 12.8. The van der Waals surface area contributed by atoms with Crippen molar-refractivity contribution in [2.75, 3.05) is 23.7 Å². The fourth-order valence-corrected chi connectivity index (χ4v) is 5.24. The van der Waals surface area contributed by atoms with E-state index in [4.69, 9.17) is 23.1 Å². The third-order valence-electron chi connectivity index (χ3n) is 7.20. The van der Waals surface area contributed by atoms with Crippen molar-refractivity contribution in [3.63, 3.8) is 0 Å². The molecule has 0 bridgehead atoms. The SMILES string of the molecule is Nc1ncnc2c1ncn2Cc1cc(-c2ccc(F)c(F)c2)ncc1N1CC[C@@H](O)[C@](N)(c2cccc(Cl)n2)C1. The van der Waals surface area contributed by atoms with Gasteiger partial charge in [-0.25, -0.2) is 28.7 Å². The summed E-state index contributed by atoms with van der Waals surface area (Å²) in [6.07, 6.45) is 4.15. The van der Waals surface area contributed by atoms with Crippen LogP contribution in [0.3, 0.4) is 0 Å². The van der Waals surface area contributed by atoms with E-state index in [1.807, 2.05) is 9.47 Å². The largest absolute Gasteiger partial charge is 0.391 e. The molecule has 1 fully saturated rings. The van der Waals surface area contributed by atoms with E-state index >= 15 is 0 Å². The lowest BCUT2D eigenvalue weighted by Gasteiger charge is -2.44. The Kier molecular flexibility index (Phi) is 6.53. The maximum atomic E-state index is 14.1. The van der Waals surface area contributed by atoms with Gasteiger partial charge in [-0.1, -0.05) is 17.7 Å². The molecule has 10 nitrogen and oxygen atoms in total. The van der Waals surface area contributed by atoms with Gasteiger partial charge in [0.05, 0.1) is 42.2 Å². The van der Waals surface area contributed by atoms with Crippen molar-refractivity contribution < 1.29 is 13.9 Å². The molecule has 0 spiro atoms. The number of fused-ring (bicyclic) bond motifs is 1. The van der Waals surface area contributed by atoms with Gasteiger partial charge in [-0.2, -0.15) is 0 Å². The van der Waals surface area contributed by atoms with Crippen LogP contribution < -0.4 is 16.4 Å². The van der Waals surface area contributed by atoms with Gasteiger partial charge in [-0.05, 0) is 48.4 Å². The summed E-state index contributed by atoms with van der Waals surface area (Å²) in [5, 5.41) is 11.2. The summed E-state index contributed by atoms with van der Waals surface area (Å²) in [4.78, 5) is 23.7.